The molecule has 8 heteroatoms. The minimum atomic E-state index is -1.29. The molecule has 3 aromatic rings. The third-order valence-electron chi connectivity index (χ3n) is 3.41. The highest BCUT2D eigenvalue weighted by Gasteiger charge is 2.17. The number of nitrogens with zero attached hydrogens (tertiary/aromatic N) is 4. The van der Waals surface area contributed by atoms with E-state index in [2.05, 4.69) is 10.1 Å². The molecule has 2 heterocycles. The molecule has 0 aliphatic rings. The van der Waals surface area contributed by atoms with E-state index in [-0.39, 0.29) is 23.4 Å². The van der Waals surface area contributed by atoms with Crippen LogP contribution in [0, 0.1) is 18.6 Å². The fraction of sp³-hybridized carbons (Fsp3) is 0.214. The van der Waals surface area contributed by atoms with Crippen molar-refractivity contribution in [3.63, 3.8) is 0 Å². The van der Waals surface area contributed by atoms with Crippen molar-refractivity contribution in [3.8, 4) is 0 Å². The molecule has 0 saturated heterocycles. The minimum Gasteiger partial charge on any atom is -0.386 e. The molecule has 22 heavy (non-hydrogen) atoms. The summed E-state index contributed by atoms with van der Waals surface area (Å²) in [7, 11) is 0. The Balaban J connectivity index is 2.05. The fourth-order valence-electron chi connectivity index (χ4n) is 2.32. The van der Waals surface area contributed by atoms with Crippen molar-refractivity contribution in [2.45, 2.75) is 19.6 Å². The lowest BCUT2D eigenvalue weighted by molar-refractivity contribution is 0.151. The van der Waals surface area contributed by atoms with Gasteiger partial charge < -0.3 is 9.67 Å². The first-order valence-electron chi connectivity index (χ1n) is 6.50. The lowest BCUT2D eigenvalue weighted by Crippen LogP contribution is -2.22. The molecular formula is C14H12F2N4O2. The van der Waals surface area contributed by atoms with Gasteiger partial charge in [0, 0.05) is 17.3 Å². The Morgan fingerprint density at radius 3 is 2.86 bits per heavy atom. The zero-order valence-electron chi connectivity index (χ0n) is 11.6. The van der Waals surface area contributed by atoms with Gasteiger partial charge >= 0.3 is 0 Å². The van der Waals surface area contributed by atoms with Crippen molar-refractivity contribution < 1.29 is 13.9 Å². The summed E-state index contributed by atoms with van der Waals surface area (Å²) in [5, 5.41) is 14.0. The van der Waals surface area contributed by atoms with Gasteiger partial charge in [-0.15, -0.1) is 0 Å². The highest BCUT2D eigenvalue weighted by atomic mass is 19.1. The summed E-state index contributed by atoms with van der Waals surface area (Å²) in [5.74, 6) is -1.12. The van der Waals surface area contributed by atoms with E-state index in [4.69, 9.17) is 0 Å². The summed E-state index contributed by atoms with van der Waals surface area (Å²) < 4.78 is 29.5. The zero-order valence-corrected chi connectivity index (χ0v) is 11.6. The molecule has 114 valence electrons. The molecule has 1 aromatic carbocycles. The summed E-state index contributed by atoms with van der Waals surface area (Å²) in [5.41, 5.74) is 0.0183. The van der Waals surface area contributed by atoms with E-state index in [1.165, 1.54) is 17.0 Å². The first-order valence-corrected chi connectivity index (χ1v) is 6.50. The molecule has 0 bridgehead atoms. The first-order chi connectivity index (χ1) is 10.5. The van der Waals surface area contributed by atoms with Crippen molar-refractivity contribution >= 4 is 5.78 Å². The van der Waals surface area contributed by atoms with Gasteiger partial charge in [-0.3, -0.25) is 4.79 Å². The van der Waals surface area contributed by atoms with Gasteiger partial charge in [0.2, 0.25) is 5.78 Å². The number of halogens is 2. The highest BCUT2D eigenvalue weighted by Crippen LogP contribution is 2.21. The van der Waals surface area contributed by atoms with Crippen LogP contribution in [0.5, 0.6) is 0 Å². The summed E-state index contributed by atoms with van der Waals surface area (Å²) in [6, 6.07) is 4.21. The van der Waals surface area contributed by atoms with Crippen LogP contribution in [0.1, 0.15) is 17.4 Å². The number of aliphatic hydroxyl groups is 1. The average Bonchev–Trinajstić information content (AvgIpc) is 2.95. The summed E-state index contributed by atoms with van der Waals surface area (Å²) in [6.07, 6.45) is -0.0839. The zero-order chi connectivity index (χ0) is 15.9. The summed E-state index contributed by atoms with van der Waals surface area (Å²) in [6.45, 7) is 1.57. The molecule has 0 aliphatic heterocycles. The minimum absolute atomic E-state index is 0.0886. The van der Waals surface area contributed by atoms with Crippen molar-refractivity contribution in [2.75, 3.05) is 0 Å². The van der Waals surface area contributed by atoms with Gasteiger partial charge in [-0.05, 0) is 25.1 Å². The van der Waals surface area contributed by atoms with Crippen LogP contribution in [0.4, 0.5) is 8.78 Å². The highest BCUT2D eigenvalue weighted by molar-refractivity contribution is 5.30. The van der Waals surface area contributed by atoms with Gasteiger partial charge in [0.1, 0.15) is 18.0 Å². The number of aryl methyl sites for hydroxylation is 1. The fourth-order valence-corrected chi connectivity index (χ4v) is 2.32. The van der Waals surface area contributed by atoms with Gasteiger partial charge in [-0.25, -0.2) is 8.78 Å². The van der Waals surface area contributed by atoms with Crippen LogP contribution in [0.25, 0.3) is 5.78 Å². The van der Waals surface area contributed by atoms with Gasteiger partial charge in [0.15, 0.2) is 0 Å². The number of fused-ring (bicyclic) bond motifs is 1. The molecule has 6 nitrogen and oxygen atoms in total. The molecule has 3 rings (SSSR count). The lowest BCUT2D eigenvalue weighted by Gasteiger charge is -2.17. The second-order valence-corrected chi connectivity index (χ2v) is 4.89. The Labute approximate surface area is 123 Å². The SMILES string of the molecule is Cc1cc(=O)n2ncnc2n1C[C@@H](O)c1cc(F)ccc1F. The summed E-state index contributed by atoms with van der Waals surface area (Å²) >= 11 is 0. The Kier molecular flexibility index (Phi) is 3.45. The van der Waals surface area contributed by atoms with E-state index in [0.29, 0.717) is 5.69 Å². The third-order valence-corrected chi connectivity index (χ3v) is 3.41. The van der Waals surface area contributed by atoms with E-state index < -0.39 is 17.7 Å². The molecule has 0 saturated carbocycles. The number of aromatic nitrogens is 4. The third kappa shape index (κ3) is 2.37. The van der Waals surface area contributed by atoms with Crippen molar-refractivity contribution in [3.05, 3.63) is 63.8 Å². The molecule has 1 atom stereocenters. The van der Waals surface area contributed by atoms with Gasteiger partial charge in [0.25, 0.3) is 5.56 Å². The Morgan fingerprint density at radius 2 is 2.09 bits per heavy atom. The van der Waals surface area contributed by atoms with Crippen LogP contribution < -0.4 is 5.56 Å². The molecule has 0 aliphatic carbocycles. The maximum absolute atomic E-state index is 13.7. The predicted molar refractivity (Wildman–Crippen MR) is 73.3 cm³/mol. The predicted octanol–water partition coefficient (Wildman–Crippen LogP) is 1.21. The number of rotatable bonds is 3. The second-order valence-electron chi connectivity index (χ2n) is 4.89. The summed E-state index contributed by atoms with van der Waals surface area (Å²) in [4.78, 5) is 15.7. The van der Waals surface area contributed by atoms with Crippen LogP contribution in [-0.4, -0.2) is 24.3 Å². The maximum atomic E-state index is 13.7. The number of benzene rings is 1. The lowest BCUT2D eigenvalue weighted by atomic mass is 10.1. The van der Waals surface area contributed by atoms with E-state index >= 15 is 0 Å². The van der Waals surface area contributed by atoms with E-state index in [1.807, 2.05) is 0 Å². The molecule has 0 radical (unpaired) electrons. The van der Waals surface area contributed by atoms with Crippen LogP contribution in [0.15, 0.2) is 35.4 Å². The monoisotopic (exact) mass is 306 g/mol. The Morgan fingerprint density at radius 1 is 1.32 bits per heavy atom. The van der Waals surface area contributed by atoms with Crippen LogP contribution in [-0.2, 0) is 6.54 Å². The number of hydrogen-bond donors (Lipinski definition) is 1. The molecule has 0 unspecified atom stereocenters. The smallest absolute Gasteiger partial charge is 0.275 e. The molecule has 1 N–H and O–H groups in total. The Bertz CT molecular complexity index is 903. The van der Waals surface area contributed by atoms with Crippen LogP contribution in [0.3, 0.4) is 0 Å². The average molecular weight is 306 g/mol. The van der Waals surface area contributed by atoms with E-state index in [0.717, 1.165) is 22.7 Å². The van der Waals surface area contributed by atoms with Crippen LogP contribution >= 0.6 is 0 Å². The second kappa shape index (κ2) is 5.30. The maximum Gasteiger partial charge on any atom is 0.275 e. The molecule has 0 fully saturated rings. The van der Waals surface area contributed by atoms with Crippen molar-refractivity contribution in [2.24, 2.45) is 0 Å². The van der Waals surface area contributed by atoms with Crippen molar-refractivity contribution in [1.29, 1.82) is 0 Å². The standard InChI is InChI=1S/C14H12F2N4O2/c1-8-4-13(22)20-14(17-7-18-20)19(8)6-12(21)10-5-9(15)2-3-11(10)16/h2-5,7,12,21H,6H2,1H3/t12-/m1/s1. The quantitative estimate of drug-likeness (QED) is 0.789. The van der Waals surface area contributed by atoms with Gasteiger partial charge in [0.05, 0.1) is 12.6 Å². The van der Waals surface area contributed by atoms with Crippen molar-refractivity contribution in [1.82, 2.24) is 19.2 Å². The largest absolute Gasteiger partial charge is 0.386 e. The Hall–Kier alpha value is -2.61. The molecule has 0 amide bonds. The number of aliphatic hydroxyl groups excluding tert-OH is 1. The molecular weight excluding hydrogens is 294 g/mol. The first kappa shape index (κ1) is 14.3. The topological polar surface area (TPSA) is 72.4 Å². The van der Waals surface area contributed by atoms with Crippen LogP contribution in [0.2, 0.25) is 0 Å². The van der Waals surface area contributed by atoms with Gasteiger partial charge in [-0.1, -0.05) is 0 Å². The van der Waals surface area contributed by atoms with E-state index in [1.54, 1.807) is 6.92 Å². The number of hydrogen-bond acceptors (Lipinski definition) is 4. The molecule has 2 aromatic heterocycles. The normalized spacial score (nSPS) is 12.7. The molecule has 0 spiro atoms. The van der Waals surface area contributed by atoms with E-state index in [9.17, 15) is 18.7 Å². The van der Waals surface area contributed by atoms with Gasteiger partial charge in [-0.2, -0.15) is 14.6 Å².